The Bertz CT molecular complexity index is 1580. The minimum Gasteiger partial charge on any atom is -0.497 e. The van der Waals surface area contributed by atoms with Crippen molar-refractivity contribution in [1.29, 1.82) is 0 Å². The van der Waals surface area contributed by atoms with Crippen LogP contribution in [0, 0.1) is 11.2 Å². The van der Waals surface area contributed by atoms with Gasteiger partial charge >= 0.3 is 0 Å². The SMILES string of the molecule is COc1ccc(F)c(C(=O)NC2CC3(C2)CN(C(=O)CCCNc2cccc4c2C(=O)N(C2CCC(=O)NC2=O)C4=O)C3)c1. The Morgan fingerprint density at radius 3 is 2.59 bits per heavy atom. The second-order valence-electron chi connectivity index (χ2n) is 11.9. The number of benzene rings is 2. The van der Waals surface area contributed by atoms with Crippen molar-refractivity contribution < 1.29 is 37.9 Å². The van der Waals surface area contributed by atoms with Crippen LogP contribution >= 0.6 is 0 Å². The second-order valence-corrected chi connectivity index (χ2v) is 11.9. The number of imide groups is 2. The number of carbonyl (C=O) groups is 6. The van der Waals surface area contributed by atoms with Gasteiger partial charge in [0.1, 0.15) is 17.6 Å². The molecule has 6 amide bonds. The van der Waals surface area contributed by atoms with Crippen molar-refractivity contribution in [3.05, 3.63) is 58.9 Å². The predicted octanol–water partition coefficient (Wildman–Crippen LogP) is 1.85. The highest BCUT2D eigenvalue weighted by atomic mass is 19.1. The molecule has 0 radical (unpaired) electrons. The van der Waals surface area contributed by atoms with Crippen molar-refractivity contribution >= 4 is 41.1 Å². The van der Waals surface area contributed by atoms with Crippen LogP contribution in [0.5, 0.6) is 5.75 Å². The van der Waals surface area contributed by atoms with Crippen LogP contribution in [-0.4, -0.2) is 84.1 Å². The molecule has 12 nitrogen and oxygen atoms in total. The average Bonchev–Trinajstić information content (AvgIpc) is 3.21. The standard InChI is InChI=1S/C31H32FN5O7/c1-44-18-7-8-21(32)20(12-18)27(40)34-17-13-31(14-17)15-36(16-31)25(39)6-3-11-33-22-5-2-4-19-26(22)30(43)37(29(19)42)23-9-10-24(38)35-28(23)41/h2,4-5,7-8,12,17,23,33H,3,6,9-11,13-16H2,1H3,(H,34,40)(H,35,38,41). The maximum atomic E-state index is 14.1. The van der Waals surface area contributed by atoms with E-state index in [4.69, 9.17) is 4.74 Å². The van der Waals surface area contributed by atoms with Gasteiger partial charge in [0.2, 0.25) is 17.7 Å². The molecule has 0 bridgehead atoms. The fraction of sp³-hybridized carbons (Fsp3) is 0.419. The lowest BCUT2D eigenvalue weighted by Gasteiger charge is -2.59. The fourth-order valence-corrected chi connectivity index (χ4v) is 6.64. The molecule has 230 valence electrons. The van der Waals surface area contributed by atoms with Crippen LogP contribution in [0.4, 0.5) is 10.1 Å². The molecule has 3 aliphatic heterocycles. The van der Waals surface area contributed by atoms with Gasteiger partial charge in [0.25, 0.3) is 17.7 Å². The minimum absolute atomic E-state index is 0.0111. The quantitative estimate of drug-likeness (QED) is 0.289. The highest BCUT2D eigenvalue weighted by Gasteiger charge is 2.54. The number of nitrogens with zero attached hydrogens (tertiary/aromatic N) is 2. The monoisotopic (exact) mass is 605 g/mol. The zero-order valence-electron chi connectivity index (χ0n) is 24.1. The van der Waals surface area contributed by atoms with Crippen LogP contribution in [-0.2, 0) is 14.4 Å². The number of fused-ring (bicyclic) bond motifs is 1. The Balaban J connectivity index is 0.946. The summed E-state index contributed by atoms with van der Waals surface area (Å²) in [5.74, 6) is -2.95. The molecule has 0 aromatic heterocycles. The average molecular weight is 606 g/mol. The molecule has 3 fully saturated rings. The van der Waals surface area contributed by atoms with Gasteiger partial charge in [-0.1, -0.05) is 6.07 Å². The number of nitrogens with one attached hydrogen (secondary N) is 3. The van der Waals surface area contributed by atoms with E-state index in [0.717, 1.165) is 17.7 Å². The number of piperidine rings is 1. The van der Waals surface area contributed by atoms with Crippen molar-refractivity contribution in [1.82, 2.24) is 20.4 Å². The zero-order chi connectivity index (χ0) is 31.2. The van der Waals surface area contributed by atoms with Crippen LogP contribution in [0.15, 0.2) is 36.4 Å². The van der Waals surface area contributed by atoms with Crippen molar-refractivity contribution in [2.75, 3.05) is 32.1 Å². The fourth-order valence-electron chi connectivity index (χ4n) is 6.64. The highest BCUT2D eigenvalue weighted by molar-refractivity contribution is 6.25. The van der Waals surface area contributed by atoms with Gasteiger partial charge in [0, 0.05) is 49.6 Å². The summed E-state index contributed by atoms with van der Waals surface area (Å²) < 4.78 is 19.2. The molecule has 3 heterocycles. The molecule has 4 aliphatic rings. The number of anilines is 1. The zero-order valence-corrected chi connectivity index (χ0v) is 24.1. The number of hydrogen-bond acceptors (Lipinski definition) is 8. The molecule has 44 heavy (non-hydrogen) atoms. The van der Waals surface area contributed by atoms with E-state index in [0.29, 0.717) is 43.9 Å². The number of ether oxygens (including phenoxy) is 1. The molecule has 13 heteroatoms. The lowest BCUT2D eigenvalue weighted by molar-refractivity contribution is -0.151. The van der Waals surface area contributed by atoms with Gasteiger partial charge in [-0.15, -0.1) is 0 Å². The third-order valence-electron chi connectivity index (χ3n) is 8.87. The molecule has 1 unspecified atom stereocenters. The Morgan fingerprint density at radius 1 is 1.09 bits per heavy atom. The van der Waals surface area contributed by atoms with Gasteiger partial charge in [0.15, 0.2) is 0 Å². The van der Waals surface area contributed by atoms with Crippen LogP contribution in [0.3, 0.4) is 0 Å². The van der Waals surface area contributed by atoms with Crippen molar-refractivity contribution in [3.8, 4) is 5.75 Å². The van der Waals surface area contributed by atoms with Crippen molar-refractivity contribution in [2.24, 2.45) is 5.41 Å². The molecular formula is C31H32FN5O7. The summed E-state index contributed by atoms with van der Waals surface area (Å²) in [6, 6.07) is 7.76. The van der Waals surface area contributed by atoms with E-state index in [1.807, 2.05) is 0 Å². The largest absolute Gasteiger partial charge is 0.497 e. The van der Waals surface area contributed by atoms with Gasteiger partial charge < -0.3 is 20.3 Å². The Hall–Kier alpha value is -4.81. The van der Waals surface area contributed by atoms with Crippen LogP contribution in [0.25, 0.3) is 0 Å². The van der Waals surface area contributed by atoms with Gasteiger partial charge in [-0.3, -0.25) is 39.0 Å². The first kappa shape index (κ1) is 29.3. The molecular weight excluding hydrogens is 573 g/mol. The summed E-state index contributed by atoms with van der Waals surface area (Å²) in [4.78, 5) is 78.1. The topological polar surface area (TPSA) is 154 Å². The van der Waals surface area contributed by atoms with E-state index in [9.17, 15) is 33.2 Å². The Labute approximate surface area is 252 Å². The Kier molecular flexibility index (Phi) is 7.56. The van der Waals surface area contributed by atoms with E-state index >= 15 is 0 Å². The van der Waals surface area contributed by atoms with Crippen LogP contribution in [0.1, 0.15) is 69.6 Å². The first-order valence-electron chi connectivity index (χ1n) is 14.6. The predicted molar refractivity (Wildman–Crippen MR) is 153 cm³/mol. The molecule has 1 saturated carbocycles. The van der Waals surface area contributed by atoms with E-state index in [1.165, 1.54) is 31.4 Å². The van der Waals surface area contributed by atoms with Gasteiger partial charge in [-0.25, -0.2) is 4.39 Å². The summed E-state index contributed by atoms with van der Waals surface area (Å²) in [6.45, 7) is 1.60. The summed E-state index contributed by atoms with van der Waals surface area (Å²) >= 11 is 0. The number of likely N-dealkylation sites (tertiary alicyclic amines) is 1. The third-order valence-corrected chi connectivity index (χ3v) is 8.87. The molecule has 2 aromatic carbocycles. The number of methoxy groups -OCH3 is 1. The lowest BCUT2D eigenvalue weighted by atomic mass is 9.60. The highest BCUT2D eigenvalue weighted by Crippen LogP contribution is 2.48. The first-order valence-corrected chi connectivity index (χ1v) is 14.6. The number of carbonyl (C=O) groups excluding carboxylic acids is 6. The third kappa shape index (κ3) is 5.26. The normalized spacial score (nSPS) is 20.5. The molecule has 1 atom stereocenters. The molecule has 2 aromatic rings. The number of hydrogen-bond donors (Lipinski definition) is 3. The summed E-state index contributed by atoms with van der Waals surface area (Å²) in [5.41, 5.74) is 0.731. The smallest absolute Gasteiger partial charge is 0.264 e. The van der Waals surface area contributed by atoms with Crippen molar-refractivity contribution in [3.63, 3.8) is 0 Å². The van der Waals surface area contributed by atoms with E-state index in [-0.39, 0.29) is 46.9 Å². The second kappa shape index (κ2) is 11.4. The van der Waals surface area contributed by atoms with E-state index in [2.05, 4.69) is 16.0 Å². The number of halogens is 1. The van der Waals surface area contributed by atoms with E-state index < -0.39 is 41.4 Å². The number of amides is 6. The lowest BCUT2D eigenvalue weighted by Crippen LogP contribution is -2.67. The van der Waals surface area contributed by atoms with Crippen LogP contribution in [0.2, 0.25) is 0 Å². The molecule has 6 rings (SSSR count). The summed E-state index contributed by atoms with van der Waals surface area (Å²) in [6.07, 6.45) is 2.36. The van der Waals surface area contributed by atoms with Crippen molar-refractivity contribution in [2.45, 2.75) is 50.6 Å². The van der Waals surface area contributed by atoms with Gasteiger partial charge in [-0.2, -0.15) is 0 Å². The maximum absolute atomic E-state index is 14.1. The molecule has 1 aliphatic carbocycles. The van der Waals surface area contributed by atoms with Crippen LogP contribution < -0.4 is 20.7 Å². The molecule has 2 saturated heterocycles. The molecule has 1 spiro atoms. The van der Waals surface area contributed by atoms with Gasteiger partial charge in [0.05, 0.1) is 23.8 Å². The number of rotatable bonds is 9. The maximum Gasteiger partial charge on any atom is 0.264 e. The van der Waals surface area contributed by atoms with E-state index in [1.54, 1.807) is 17.0 Å². The van der Waals surface area contributed by atoms with Gasteiger partial charge in [-0.05, 0) is 56.0 Å². The first-order chi connectivity index (χ1) is 21.1. The summed E-state index contributed by atoms with van der Waals surface area (Å²) in [7, 11) is 1.45. The minimum atomic E-state index is -1.04. The summed E-state index contributed by atoms with van der Waals surface area (Å²) in [5, 5.41) is 8.21. The molecule has 3 N–H and O–H groups in total. The Morgan fingerprint density at radius 2 is 1.86 bits per heavy atom.